The summed E-state index contributed by atoms with van der Waals surface area (Å²) in [7, 11) is 2.95. The lowest BCUT2D eigenvalue weighted by Crippen LogP contribution is -2.22. The number of hydrogen-bond acceptors (Lipinski definition) is 5. The normalized spacial score (nSPS) is 10.1. The first-order valence-electron chi connectivity index (χ1n) is 7.86. The number of rotatable bonds is 7. The second-order valence-electron chi connectivity index (χ2n) is 5.46. The molecule has 27 heavy (non-hydrogen) atoms. The Morgan fingerprint density at radius 3 is 2.26 bits per heavy atom. The maximum atomic E-state index is 12.3. The number of hydrogen-bond donors (Lipinski definition) is 3. The second kappa shape index (κ2) is 9.34. The van der Waals surface area contributed by atoms with Gasteiger partial charge in [-0.15, -0.1) is 0 Å². The number of ether oxygens (including phenoxy) is 2. The van der Waals surface area contributed by atoms with Crippen LogP contribution in [0.3, 0.4) is 0 Å². The summed E-state index contributed by atoms with van der Waals surface area (Å²) in [4.78, 5) is 23.5. The number of halogens is 2. The Morgan fingerprint density at radius 2 is 1.63 bits per heavy atom. The van der Waals surface area contributed by atoms with Crippen molar-refractivity contribution < 1.29 is 19.1 Å². The maximum Gasteiger partial charge on any atom is 0.243 e. The van der Waals surface area contributed by atoms with Crippen molar-refractivity contribution in [1.82, 2.24) is 0 Å². The van der Waals surface area contributed by atoms with Gasteiger partial charge < -0.3 is 25.4 Å². The summed E-state index contributed by atoms with van der Waals surface area (Å²) in [5.41, 5.74) is 1.50. The van der Waals surface area contributed by atoms with Crippen LogP contribution in [0.4, 0.5) is 17.1 Å². The highest BCUT2D eigenvalue weighted by Crippen LogP contribution is 2.35. The van der Waals surface area contributed by atoms with Crippen LogP contribution in [0, 0.1) is 0 Å². The Kier molecular flexibility index (Phi) is 7.15. The quantitative estimate of drug-likeness (QED) is 0.640. The summed E-state index contributed by atoms with van der Waals surface area (Å²) in [6.07, 6.45) is 0. The smallest absolute Gasteiger partial charge is 0.243 e. The molecule has 0 saturated heterocycles. The van der Waals surface area contributed by atoms with E-state index in [1.165, 1.54) is 21.1 Å². The Balaban J connectivity index is 2.08. The Hall–Kier alpha value is -2.64. The minimum Gasteiger partial charge on any atom is -0.495 e. The highest BCUT2D eigenvalue weighted by Gasteiger charge is 2.13. The van der Waals surface area contributed by atoms with Gasteiger partial charge in [-0.3, -0.25) is 9.59 Å². The minimum atomic E-state index is -0.335. The van der Waals surface area contributed by atoms with E-state index in [4.69, 9.17) is 32.7 Å². The van der Waals surface area contributed by atoms with Gasteiger partial charge in [0.1, 0.15) is 11.5 Å². The topological polar surface area (TPSA) is 88.7 Å². The molecule has 3 N–H and O–H groups in total. The molecule has 0 aliphatic carbocycles. The fourth-order valence-corrected chi connectivity index (χ4v) is 2.68. The van der Waals surface area contributed by atoms with E-state index in [1.54, 1.807) is 30.3 Å². The van der Waals surface area contributed by atoms with Crippen molar-refractivity contribution in [2.24, 2.45) is 0 Å². The van der Waals surface area contributed by atoms with E-state index in [-0.39, 0.29) is 18.4 Å². The van der Waals surface area contributed by atoms with E-state index in [2.05, 4.69) is 16.0 Å². The molecule has 2 rings (SSSR count). The first-order chi connectivity index (χ1) is 12.8. The van der Waals surface area contributed by atoms with Crippen LogP contribution >= 0.6 is 23.2 Å². The molecule has 0 spiro atoms. The predicted octanol–water partition coefficient (Wildman–Crippen LogP) is 4.02. The van der Waals surface area contributed by atoms with Gasteiger partial charge in [0.05, 0.1) is 42.2 Å². The van der Waals surface area contributed by atoms with E-state index in [1.807, 2.05) is 0 Å². The number of amides is 2. The lowest BCUT2D eigenvalue weighted by Gasteiger charge is -2.14. The average molecular weight is 412 g/mol. The maximum absolute atomic E-state index is 12.3. The van der Waals surface area contributed by atoms with Crippen molar-refractivity contribution in [1.29, 1.82) is 0 Å². The number of nitrogens with one attached hydrogen (secondary N) is 3. The SMILES string of the molecule is COc1cc(NC(=O)CNc2cc(NC(C)=O)ccc2Cl)c(OC)cc1Cl. The Labute approximate surface area is 166 Å². The van der Waals surface area contributed by atoms with Gasteiger partial charge in [0.2, 0.25) is 11.8 Å². The average Bonchev–Trinajstić information content (AvgIpc) is 2.62. The Morgan fingerprint density at radius 1 is 0.926 bits per heavy atom. The highest BCUT2D eigenvalue weighted by molar-refractivity contribution is 6.33. The van der Waals surface area contributed by atoms with E-state index in [0.717, 1.165) is 0 Å². The fraction of sp³-hybridized carbons (Fsp3) is 0.222. The van der Waals surface area contributed by atoms with Crippen molar-refractivity contribution in [3.05, 3.63) is 40.4 Å². The molecule has 9 heteroatoms. The van der Waals surface area contributed by atoms with Gasteiger partial charge in [-0.1, -0.05) is 23.2 Å². The molecule has 2 aromatic carbocycles. The van der Waals surface area contributed by atoms with Crippen LogP contribution in [0.1, 0.15) is 6.92 Å². The van der Waals surface area contributed by atoms with Gasteiger partial charge in [-0.25, -0.2) is 0 Å². The molecule has 0 saturated carbocycles. The third-order valence-corrected chi connectivity index (χ3v) is 4.10. The van der Waals surface area contributed by atoms with E-state index in [0.29, 0.717) is 38.6 Å². The molecule has 0 bridgehead atoms. The van der Waals surface area contributed by atoms with Crippen LogP contribution in [0.5, 0.6) is 11.5 Å². The molecule has 2 aromatic rings. The molecule has 0 fully saturated rings. The molecular weight excluding hydrogens is 393 g/mol. The largest absolute Gasteiger partial charge is 0.495 e. The third kappa shape index (κ3) is 5.67. The van der Waals surface area contributed by atoms with Crippen LogP contribution < -0.4 is 25.4 Å². The second-order valence-corrected chi connectivity index (χ2v) is 6.28. The summed E-state index contributed by atoms with van der Waals surface area (Å²) < 4.78 is 10.4. The van der Waals surface area contributed by atoms with Gasteiger partial charge in [0.25, 0.3) is 0 Å². The van der Waals surface area contributed by atoms with Crippen LogP contribution in [-0.4, -0.2) is 32.6 Å². The van der Waals surface area contributed by atoms with Crippen LogP contribution in [0.25, 0.3) is 0 Å². The predicted molar refractivity (Wildman–Crippen MR) is 107 cm³/mol. The van der Waals surface area contributed by atoms with E-state index >= 15 is 0 Å². The zero-order valence-electron chi connectivity index (χ0n) is 15.0. The van der Waals surface area contributed by atoms with E-state index in [9.17, 15) is 9.59 Å². The monoisotopic (exact) mass is 411 g/mol. The van der Waals surface area contributed by atoms with Gasteiger partial charge in [0, 0.05) is 24.7 Å². The Bertz CT molecular complexity index is 859. The lowest BCUT2D eigenvalue weighted by atomic mass is 10.2. The van der Waals surface area contributed by atoms with Gasteiger partial charge >= 0.3 is 0 Å². The molecule has 0 unspecified atom stereocenters. The van der Waals surface area contributed by atoms with Crippen LogP contribution in [0.2, 0.25) is 10.0 Å². The molecular formula is C18H19Cl2N3O4. The number of benzene rings is 2. The van der Waals surface area contributed by atoms with Gasteiger partial charge in [-0.2, -0.15) is 0 Å². The third-order valence-electron chi connectivity index (χ3n) is 3.47. The van der Waals surface area contributed by atoms with Crippen molar-refractivity contribution >= 4 is 52.1 Å². The van der Waals surface area contributed by atoms with Crippen LogP contribution in [0.15, 0.2) is 30.3 Å². The standard InChI is InChI=1S/C18H19Cl2N3O4/c1-10(24)22-11-4-5-12(19)14(6-11)21-9-18(25)23-15-8-16(26-2)13(20)7-17(15)27-3/h4-8,21H,9H2,1-3H3,(H,22,24)(H,23,25). The summed E-state index contributed by atoms with van der Waals surface area (Å²) >= 11 is 12.2. The molecule has 0 aliphatic heterocycles. The van der Waals surface area contributed by atoms with Crippen molar-refractivity contribution in [2.45, 2.75) is 6.92 Å². The number of carbonyl (C=O) groups is 2. The molecule has 144 valence electrons. The first-order valence-corrected chi connectivity index (χ1v) is 8.62. The lowest BCUT2D eigenvalue weighted by molar-refractivity contribution is -0.115. The molecule has 0 heterocycles. The van der Waals surface area contributed by atoms with Gasteiger partial charge in [0.15, 0.2) is 0 Å². The minimum absolute atomic E-state index is 0.0582. The van der Waals surface area contributed by atoms with Crippen molar-refractivity contribution in [2.75, 3.05) is 36.7 Å². The molecule has 0 radical (unpaired) electrons. The summed E-state index contributed by atoms with van der Waals surface area (Å²) in [5, 5.41) is 9.09. The fourth-order valence-electron chi connectivity index (χ4n) is 2.27. The molecule has 7 nitrogen and oxygen atoms in total. The zero-order chi connectivity index (χ0) is 20.0. The van der Waals surface area contributed by atoms with Gasteiger partial charge in [-0.05, 0) is 18.2 Å². The number of methoxy groups -OCH3 is 2. The molecule has 0 aromatic heterocycles. The highest BCUT2D eigenvalue weighted by atomic mass is 35.5. The summed E-state index contributed by atoms with van der Waals surface area (Å²) in [6, 6.07) is 8.06. The summed E-state index contributed by atoms with van der Waals surface area (Å²) in [5.74, 6) is 0.273. The van der Waals surface area contributed by atoms with Crippen molar-refractivity contribution in [3.63, 3.8) is 0 Å². The molecule has 0 atom stereocenters. The van der Waals surface area contributed by atoms with Crippen LogP contribution in [-0.2, 0) is 9.59 Å². The number of anilines is 3. The van der Waals surface area contributed by atoms with Crippen molar-refractivity contribution in [3.8, 4) is 11.5 Å². The zero-order valence-corrected chi connectivity index (χ0v) is 16.5. The molecule has 0 aliphatic rings. The van der Waals surface area contributed by atoms with E-state index < -0.39 is 0 Å². The summed E-state index contributed by atoms with van der Waals surface area (Å²) in [6.45, 7) is 1.35. The molecule has 2 amide bonds. The first kappa shape index (κ1) is 20.7. The number of carbonyl (C=O) groups excluding carboxylic acids is 2.